The Morgan fingerprint density at radius 2 is 1.87 bits per heavy atom. The number of amides is 2. The lowest BCUT2D eigenvalue weighted by molar-refractivity contribution is -0.113. The molecule has 8 heteroatoms. The van der Waals surface area contributed by atoms with Crippen LogP contribution < -0.4 is 10.6 Å². The molecule has 1 heterocycles. The summed E-state index contributed by atoms with van der Waals surface area (Å²) in [6, 6.07) is 14.8. The number of hydrogen-bond acceptors (Lipinski definition) is 5. The van der Waals surface area contributed by atoms with E-state index in [1.807, 2.05) is 31.3 Å². The number of benzene rings is 2. The van der Waals surface area contributed by atoms with E-state index in [-0.39, 0.29) is 17.6 Å². The number of anilines is 2. The monoisotopic (exact) mass is 423 g/mol. The largest absolute Gasteiger partial charge is 0.325 e. The van der Waals surface area contributed by atoms with Crippen molar-refractivity contribution in [1.29, 1.82) is 0 Å². The summed E-state index contributed by atoms with van der Waals surface area (Å²) in [7, 11) is 1.82. The Morgan fingerprint density at radius 3 is 2.57 bits per heavy atom. The molecule has 0 aliphatic carbocycles. The first-order valence-electron chi connectivity index (χ1n) is 9.82. The summed E-state index contributed by atoms with van der Waals surface area (Å²) in [5.74, 6) is -0.197. The van der Waals surface area contributed by atoms with Crippen LogP contribution in [0, 0.1) is 0 Å². The minimum atomic E-state index is -0.221. The molecule has 0 atom stereocenters. The van der Waals surface area contributed by atoms with Gasteiger partial charge in [0.1, 0.15) is 6.33 Å². The zero-order valence-corrected chi connectivity index (χ0v) is 17.9. The van der Waals surface area contributed by atoms with Crippen LogP contribution in [0.15, 0.2) is 60.0 Å². The van der Waals surface area contributed by atoms with Crippen molar-refractivity contribution in [2.24, 2.45) is 7.05 Å². The summed E-state index contributed by atoms with van der Waals surface area (Å²) in [6.45, 7) is 2.17. The van der Waals surface area contributed by atoms with Crippen molar-refractivity contribution < 1.29 is 9.59 Å². The molecule has 2 N–H and O–H groups in total. The van der Waals surface area contributed by atoms with E-state index in [9.17, 15) is 9.59 Å². The van der Waals surface area contributed by atoms with Crippen molar-refractivity contribution in [2.75, 3.05) is 16.4 Å². The average Bonchev–Trinajstić information content (AvgIpc) is 3.16. The van der Waals surface area contributed by atoms with E-state index >= 15 is 0 Å². The van der Waals surface area contributed by atoms with Gasteiger partial charge in [0.25, 0.3) is 5.91 Å². The zero-order chi connectivity index (χ0) is 21.3. The quantitative estimate of drug-likeness (QED) is 0.505. The fourth-order valence-electron chi connectivity index (χ4n) is 2.81. The molecular weight excluding hydrogens is 398 g/mol. The minimum Gasteiger partial charge on any atom is -0.325 e. The van der Waals surface area contributed by atoms with E-state index in [0.717, 1.165) is 24.9 Å². The summed E-state index contributed by atoms with van der Waals surface area (Å²) in [6.07, 6.45) is 4.94. The molecule has 2 amide bonds. The lowest BCUT2D eigenvalue weighted by Crippen LogP contribution is -2.16. The van der Waals surface area contributed by atoms with Gasteiger partial charge in [0, 0.05) is 24.0 Å². The third-order valence-corrected chi connectivity index (χ3v) is 5.48. The number of thioether (sulfide) groups is 1. The number of nitrogens with one attached hydrogen (secondary N) is 2. The van der Waals surface area contributed by atoms with Crippen molar-refractivity contribution >= 4 is 35.0 Å². The van der Waals surface area contributed by atoms with Gasteiger partial charge in [-0.3, -0.25) is 9.59 Å². The molecule has 0 aliphatic rings. The number of hydrogen-bond donors (Lipinski definition) is 2. The summed E-state index contributed by atoms with van der Waals surface area (Å²) >= 11 is 1.30. The molecule has 0 aliphatic heterocycles. The third-order valence-electron chi connectivity index (χ3n) is 4.44. The zero-order valence-electron chi connectivity index (χ0n) is 17.1. The van der Waals surface area contributed by atoms with Crippen molar-refractivity contribution in [2.45, 2.75) is 31.3 Å². The SMILES string of the molecule is CCCCc1ccc(NC(=O)c2cccc(NC(=O)CSc3nncn3C)c2)cc1. The van der Waals surface area contributed by atoms with Gasteiger partial charge in [0.15, 0.2) is 5.16 Å². The van der Waals surface area contributed by atoms with Crippen LogP contribution in [0.2, 0.25) is 0 Å². The van der Waals surface area contributed by atoms with Crippen molar-refractivity contribution in [3.8, 4) is 0 Å². The number of carbonyl (C=O) groups excluding carboxylic acids is 2. The van der Waals surface area contributed by atoms with Gasteiger partial charge >= 0.3 is 0 Å². The van der Waals surface area contributed by atoms with Crippen LogP contribution >= 0.6 is 11.8 Å². The molecule has 3 aromatic rings. The molecule has 0 fully saturated rings. The van der Waals surface area contributed by atoms with Gasteiger partial charge in [-0.05, 0) is 48.7 Å². The van der Waals surface area contributed by atoms with Gasteiger partial charge in [-0.25, -0.2) is 0 Å². The number of aromatic nitrogens is 3. The van der Waals surface area contributed by atoms with Crippen molar-refractivity contribution in [3.05, 3.63) is 66.0 Å². The highest BCUT2D eigenvalue weighted by molar-refractivity contribution is 7.99. The Hall–Kier alpha value is -3.13. The van der Waals surface area contributed by atoms with E-state index in [1.165, 1.54) is 17.3 Å². The molecule has 30 heavy (non-hydrogen) atoms. The standard InChI is InChI=1S/C22H25N5O2S/c1-3-4-6-16-9-11-18(12-10-16)25-21(29)17-7-5-8-19(13-17)24-20(28)14-30-22-26-23-15-27(22)2/h5,7-13,15H,3-4,6,14H2,1-2H3,(H,24,28)(H,25,29). The minimum absolute atomic E-state index is 0.178. The van der Waals surface area contributed by atoms with Crippen LogP contribution in [-0.4, -0.2) is 32.3 Å². The number of nitrogens with zero attached hydrogens (tertiary/aromatic N) is 3. The van der Waals surface area contributed by atoms with E-state index < -0.39 is 0 Å². The molecule has 3 rings (SSSR count). The highest BCUT2D eigenvalue weighted by Crippen LogP contribution is 2.17. The topological polar surface area (TPSA) is 88.9 Å². The number of aryl methyl sites for hydroxylation is 2. The van der Waals surface area contributed by atoms with Crippen LogP contribution in [0.25, 0.3) is 0 Å². The Labute approximate surface area is 180 Å². The number of carbonyl (C=O) groups is 2. The second kappa shape index (κ2) is 10.6. The van der Waals surface area contributed by atoms with Crippen molar-refractivity contribution in [3.63, 3.8) is 0 Å². The van der Waals surface area contributed by atoms with Crippen LogP contribution in [0.1, 0.15) is 35.7 Å². The van der Waals surface area contributed by atoms with Crippen LogP contribution in [0.5, 0.6) is 0 Å². The van der Waals surface area contributed by atoms with Gasteiger partial charge in [-0.2, -0.15) is 0 Å². The maximum Gasteiger partial charge on any atom is 0.255 e. The maximum absolute atomic E-state index is 12.6. The molecule has 1 aromatic heterocycles. The number of unbranched alkanes of at least 4 members (excludes halogenated alkanes) is 1. The van der Waals surface area contributed by atoms with Crippen LogP contribution in [-0.2, 0) is 18.3 Å². The van der Waals surface area contributed by atoms with E-state index in [1.54, 1.807) is 35.2 Å². The molecule has 0 bridgehead atoms. The first kappa shape index (κ1) is 21.6. The second-order valence-corrected chi connectivity index (χ2v) is 7.84. The predicted octanol–water partition coefficient (Wildman–Crippen LogP) is 4.14. The van der Waals surface area contributed by atoms with Gasteiger partial charge in [-0.15, -0.1) is 10.2 Å². The highest BCUT2D eigenvalue weighted by Gasteiger charge is 2.10. The first-order chi connectivity index (χ1) is 14.5. The Morgan fingerprint density at radius 1 is 1.07 bits per heavy atom. The maximum atomic E-state index is 12.6. The van der Waals surface area contributed by atoms with Gasteiger partial charge in [0.05, 0.1) is 5.75 Å². The molecule has 0 unspecified atom stereocenters. The molecular formula is C22H25N5O2S. The lowest BCUT2D eigenvalue weighted by atomic mass is 10.1. The van der Waals surface area contributed by atoms with E-state index in [4.69, 9.17) is 0 Å². The predicted molar refractivity (Wildman–Crippen MR) is 120 cm³/mol. The van der Waals surface area contributed by atoms with Crippen LogP contribution in [0.4, 0.5) is 11.4 Å². The normalized spacial score (nSPS) is 10.6. The second-order valence-electron chi connectivity index (χ2n) is 6.90. The Balaban J connectivity index is 1.55. The van der Waals surface area contributed by atoms with Gasteiger partial charge in [0.2, 0.25) is 5.91 Å². The fourth-order valence-corrected chi connectivity index (χ4v) is 3.50. The van der Waals surface area contributed by atoms with Crippen LogP contribution in [0.3, 0.4) is 0 Å². The smallest absolute Gasteiger partial charge is 0.255 e. The average molecular weight is 424 g/mol. The molecule has 0 spiro atoms. The highest BCUT2D eigenvalue weighted by atomic mass is 32.2. The Kier molecular flexibility index (Phi) is 7.62. The summed E-state index contributed by atoms with van der Waals surface area (Å²) in [4.78, 5) is 24.8. The molecule has 156 valence electrons. The summed E-state index contributed by atoms with van der Waals surface area (Å²) < 4.78 is 1.75. The van der Waals surface area contributed by atoms with Crippen molar-refractivity contribution in [1.82, 2.24) is 14.8 Å². The molecule has 2 aromatic carbocycles. The van der Waals surface area contributed by atoms with E-state index in [2.05, 4.69) is 27.8 Å². The third kappa shape index (κ3) is 6.18. The molecule has 0 saturated carbocycles. The first-order valence-corrected chi connectivity index (χ1v) is 10.8. The van der Waals surface area contributed by atoms with E-state index in [0.29, 0.717) is 16.4 Å². The molecule has 7 nitrogen and oxygen atoms in total. The van der Waals surface area contributed by atoms with Gasteiger partial charge in [-0.1, -0.05) is 43.3 Å². The fraction of sp³-hybridized carbons (Fsp3) is 0.273. The van der Waals surface area contributed by atoms with Gasteiger partial charge < -0.3 is 15.2 Å². The molecule has 0 radical (unpaired) electrons. The number of rotatable bonds is 9. The summed E-state index contributed by atoms with van der Waals surface area (Å²) in [5, 5.41) is 14.1. The molecule has 0 saturated heterocycles. The summed E-state index contributed by atoms with van der Waals surface area (Å²) in [5.41, 5.74) is 3.05. The lowest BCUT2D eigenvalue weighted by Gasteiger charge is -2.09. The Bertz CT molecular complexity index is 1000.